The summed E-state index contributed by atoms with van der Waals surface area (Å²) in [5.41, 5.74) is 0.970. The SMILES string of the molecule is CC(NC1CCC(C(F)(F)F)CC1)c1ccc(Br)cc1Cl. The normalized spacial score (nSPS) is 24.9. The molecular weight excluding hydrogens is 367 g/mol. The number of rotatable bonds is 3. The van der Waals surface area contributed by atoms with Crippen LogP contribution in [0.5, 0.6) is 0 Å². The van der Waals surface area contributed by atoms with Gasteiger partial charge in [0.25, 0.3) is 0 Å². The molecule has 1 aromatic carbocycles. The van der Waals surface area contributed by atoms with Crippen molar-refractivity contribution < 1.29 is 13.2 Å². The minimum absolute atomic E-state index is 0.0260. The molecule has 6 heteroatoms. The smallest absolute Gasteiger partial charge is 0.307 e. The van der Waals surface area contributed by atoms with Gasteiger partial charge in [0.15, 0.2) is 0 Å². The molecular formula is C15H18BrClF3N. The summed E-state index contributed by atoms with van der Waals surface area (Å²) in [4.78, 5) is 0. The molecule has 118 valence electrons. The first-order valence-electron chi connectivity index (χ1n) is 7.05. The second-order valence-electron chi connectivity index (χ2n) is 5.64. The minimum Gasteiger partial charge on any atom is -0.307 e. The molecule has 0 heterocycles. The van der Waals surface area contributed by atoms with E-state index in [4.69, 9.17) is 11.6 Å². The molecule has 2 rings (SSSR count). The zero-order chi connectivity index (χ0) is 15.6. The molecule has 1 nitrogen and oxygen atoms in total. The van der Waals surface area contributed by atoms with Crippen LogP contribution in [0.2, 0.25) is 5.02 Å². The highest BCUT2D eigenvalue weighted by molar-refractivity contribution is 9.10. The summed E-state index contributed by atoms with van der Waals surface area (Å²) < 4.78 is 38.8. The Balaban J connectivity index is 1.91. The molecule has 1 fully saturated rings. The van der Waals surface area contributed by atoms with Gasteiger partial charge in [-0.15, -0.1) is 0 Å². The molecule has 0 bridgehead atoms. The van der Waals surface area contributed by atoms with E-state index in [1.807, 2.05) is 25.1 Å². The van der Waals surface area contributed by atoms with E-state index in [0.717, 1.165) is 10.0 Å². The van der Waals surface area contributed by atoms with Crippen molar-refractivity contribution in [3.8, 4) is 0 Å². The van der Waals surface area contributed by atoms with E-state index in [1.54, 1.807) is 0 Å². The van der Waals surface area contributed by atoms with E-state index in [0.29, 0.717) is 17.9 Å². The van der Waals surface area contributed by atoms with E-state index >= 15 is 0 Å². The monoisotopic (exact) mass is 383 g/mol. The van der Waals surface area contributed by atoms with Crippen LogP contribution in [0.4, 0.5) is 13.2 Å². The average Bonchev–Trinajstić information content (AvgIpc) is 2.38. The van der Waals surface area contributed by atoms with Crippen LogP contribution in [0.25, 0.3) is 0 Å². The third-order valence-electron chi connectivity index (χ3n) is 4.10. The number of benzene rings is 1. The van der Waals surface area contributed by atoms with Crippen LogP contribution >= 0.6 is 27.5 Å². The van der Waals surface area contributed by atoms with Crippen LogP contribution in [0.1, 0.15) is 44.2 Å². The molecule has 21 heavy (non-hydrogen) atoms. The Morgan fingerprint density at radius 1 is 1.24 bits per heavy atom. The molecule has 1 aromatic rings. The van der Waals surface area contributed by atoms with E-state index in [1.165, 1.54) is 0 Å². The molecule has 1 atom stereocenters. The van der Waals surface area contributed by atoms with Crippen LogP contribution in [-0.4, -0.2) is 12.2 Å². The second kappa shape index (κ2) is 6.88. The van der Waals surface area contributed by atoms with Crippen molar-refractivity contribution in [3.63, 3.8) is 0 Å². The lowest BCUT2D eigenvalue weighted by atomic mass is 9.85. The fourth-order valence-corrected chi connectivity index (χ4v) is 3.72. The maximum absolute atomic E-state index is 12.6. The van der Waals surface area contributed by atoms with Crippen molar-refractivity contribution in [2.75, 3.05) is 0 Å². The Kier molecular flexibility index (Phi) is 5.60. The third kappa shape index (κ3) is 4.60. The molecule has 1 unspecified atom stereocenters. The number of halogens is 5. The van der Waals surface area contributed by atoms with Crippen LogP contribution in [0.15, 0.2) is 22.7 Å². The predicted octanol–water partition coefficient (Wildman–Crippen LogP) is 5.87. The highest BCUT2D eigenvalue weighted by Gasteiger charge is 2.41. The summed E-state index contributed by atoms with van der Waals surface area (Å²) in [6, 6.07) is 5.83. The van der Waals surface area contributed by atoms with Gasteiger partial charge < -0.3 is 5.32 Å². The van der Waals surface area contributed by atoms with E-state index in [9.17, 15) is 13.2 Å². The standard InChI is InChI=1S/C15H18BrClF3N/c1-9(13-7-4-11(16)8-14(13)17)21-12-5-2-10(3-6-12)15(18,19)20/h4,7-10,12,21H,2-3,5-6H2,1H3. The van der Waals surface area contributed by atoms with Gasteiger partial charge in [0.1, 0.15) is 0 Å². The molecule has 1 saturated carbocycles. The van der Waals surface area contributed by atoms with Crippen molar-refractivity contribution in [3.05, 3.63) is 33.3 Å². The molecule has 1 aliphatic rings. The molecule has 1 aliphatic carbocycles. The number of hydrogen-bond donors (Lipinski definition) is 1. The molecule has 0 amide bonds. The summed E-state index contributed by atoms with van der Waals surface area (Å²) in [5, 5.41) is 4.06. The summed E-state index contributed by atoms with van der Waals surface area (Å²) >= 11 is 9.56. The lowest BCUT2D eigenvalue weighted by Gasteiger charge is -2.32. The predicted molar refractivity (Wildman–Crippen MR) is 82.5 cm³/mol. The zero-order valence-electron chi connectivity index (χ0n) is 11.7. The van der Waals surface area contributed by atoms with Crippen LogP contribution in [0.3, 0.4) is 0 Å². The Bertz CT molecular complexity index is 484. The van der Waals surface area contributed by atoms with Crippen molar-refractivity contribution >= 4 is 27.5 Å². The van der Waals surface area contributed by atoms with Crippen molar-refractivity contribution in [2.45, 2.75) is 50.9 Å². The van der Waals surface area contributed by atoms with Crippen molar-refractivity contribution in [2.24, 2.45) is 5.92 Å². The Morgan fingerprint density at radius 2 is 1.86 bits per heavy atom. The molecule has 0 spiro atoms. The highest BCUT2D eigenvalue weighted by atomic mass is 79.9. The zero-order valence-corrected chi connectivity index (χ0v) is 14.0. The summed E-state index contributed by atoms with van der Waals surface area (Å²) in [6.45, 7) is 1.99. The lowest BCUT2D eigenvalue weighted by molar-refractivity contribution is -0.182. The van der Waals surface area contributed by atoms with Gasteiger partial charge in [-0.2, -0.15) is 13.2 Å². The second-order valence-corrected chi connectivity index (χ2v) is 6.97. The number of alkyl halides is 3. The lowest BCUT2D eigenvalue weighted by Crippen LogP contribution is -2.38. The van der Waals surface area contributed by atoms with Crippen LogP contribution in [0, 0.1) is 5.92 Å². The average molecular weight is 385 g/mol. The maximum Gasteiger partial charge on any atom is 0.391 e. The largest absolute Gasteiger partial charge is 0.391 e. The quantitative estimate of drug-likeness (QED) is 0.687. The third-order valence-corrected chi connectivity index (χ3v) is 4.93. The van der Waals surface area contributed by atoms with E-state index < -0.39 is 12.1 Å². The van der Waals surface area contributed by atoms with Crippen LogP contribution in [-0.2, 0) is 0 Å². The summed E-state index contributed by atoms with van der Waals surface area (Å²) in [6.07, 6.45) is -2.51. The number of nitrogens with one attached hydrogen (secondary N) is 1. The van der Waals surface area contributed by atoms with E-state index in [2.05, 4.69) is 21.2 Å². The summed E-state index contributed by atoms with van der Waals surface area (Å²) in [5.74, 6) is -1.14. The Morgan fingerprint density at radius 3 is 2.38 bits per heavy atom. The van der Waals surface area contributed by atoms with Gasteiger partial charge in [-0.05, 0) is 50.3 Å². The topological polar surface area (TPSA) is 12.0 Å². The highest BCUT2D eigenvalue weighted by Crippen LogP contribution is 2.38. The Labute approximate surface area is 136 Å². The first-order valence-corrected chi connectivity index (χ1v) is 8.22. The van der Waals surface area contributed by atoms with Gasteiger partial charge in [0.2, 0.25) is 0 Å². The fraction of sp³-hybridized carbons (Fsp3) is 0.600. The van der Waals surface area contributed by atoms with Crippen molar-refractivity contribution in [1.82, 2.24) is 5.32 Å². The maximum atomic E-state index is 12.6. The van der Waals surface area contributed by atoms with E-state index in [-0.39, 0.29) is 24.9 Å². The molecule has 0 aromatic heterocycles. The van der Waals surface area contributed by atoms with Gasteiger partial charge in [0.05, 0.1) is 5.92 Å². The van der Waals surface area contributed by atoms with Crippen LogP contribution < -0.4 is 5.32 Å². The van der Waals surface area contributed by atoms with Crippen molar-refractivity contribution in [1.29, 1.82) is 0 Å². The molecule has 0 saturated heterocycles. The molecule has 0 aliphatic heterocycles. The molecule has 1 N–H and O–H groups in total. The van der Waals surface area contributed by atoms with Gasteiger partial charge in [-0.3, -0.25) is 0 Å². The van der Waals surface area contributed by atoms with Gasteiger partial charge in [0, 0.05) is 21.6 Å². The Hall–Kier alpha value is -0.260. The van der Waals surface area contributed by atoms with Gasteiger partial charge in [-0.25, -0.2) is 0 Å². The van der Waals surface area contributed by atoms with Gasteiger partial charge >= 0.3 is 6.18 Å². The molecule has 0 radical (unpaired) electrons. The first kappa shape index (κ1) is 17.1. The number of hydrogen-bond acceptors (Lipinski definition) is 1. The summed E-state index contributed by atoms with van der Waals surface area (Å²) in [7, 11) is 0. The fourth-order valence-electron chi connectivity index (χ4n) is 2.88. The minimum atomic E-state index is -4.05. The van der Waals surface area contributed by atoms with Gasteiger partial charge in [-0.1, -0.05) is 33.6 Å². The first-order chi connectivity index (χ1) is 9.77.